The summed E-state index contributed by atoms with van der Waals surface area (Å²) in [7, 11) is -4.24. The number of hydroxylamine groups is 2. The van der Waals surface area contributed by atoms with Gasteiger partial charge in [0.2, 0.25) is 6.41 Å². The van der Waals surface area contributed by atoms with Crippen molar-refractivity contribution in [3.8, 4) is 0 Å². The molecular formula is C4H9NO5P-. The zero-order chi connectivity index (χ0) is 8.91. The zero-order valence-corrected chi connectivity index (χ0v) is 6.61. The van der Waals surface area contributed by atoms with Crippen LogP contribution in [0.4, 0.5) is 0 Å². The van der Waals surface area contributed by atoms with Crippen molar-refractivity contribution in [1.29, 1.82) is 0 Å². The monoisotopic (exact) mass is 182 g/mol. The highest BCUT2D eigenvalue weighted by atomic mass is 31.2. The van der Waals surface area contributed by atoms with Gasteiger partial charge in [-0.15, -0.1) is 0 Å². The maximum Gasteiger partial charge on any atom is 0.233 e. The number of rotatable bonds is 5. The fraction of sp³-hybridized carbons (Fsp3) is 0.750. The standard InChI is InChI=1S/C4H10NO5P/c6-4-5(7)2-1-3-11(8,9)10/h4,7H,1-3H2,(H2,8,9,10)/p-1. The van der Waals surface area contributed by atoms with Crippen molar-refractivity contribution >= 4 is 14.0 Å². The molecule has 0 bridgehead atoms. The molecule has 11 heavy (non-hydrogen) atoms. The van der Waals surface area contributed by atoms with E-state index >= 15 is 0 Å². The molecule has 0 fully saturated rings. The van der Waals surface area contributed by atoms with Gasteiger partial charge in [0.05, 0.1) is 0 Å². The second kappa shape index (κ2) is 4.46. The molecule has 0 radical (unpaired) electrons. The fourth-order valence-corrected chi connectivity index (χ4v) is 1.03. The molecule has 1 unspecified atom stereocenters. The Hall–Kier alpha value is -0.420. The third-order valence-electron chi connectivity index (χ3n) is 0.950. The van der Waals surface area contributed by atoms with E-state index in [1.54, 1.807) is 0 Å². The predicted molar refractivity (Wildman–Crippen MR) is 33.9 cm³/mol. The molecule has 0 aliphatic carbocycles. The molecule has 6 nitrogen and oxygen atoms in total. The van der Waals surface area contributed by atoms with E-state index in [9.17, 15) is 14.3 Å². The first-order valence-corrected chi connectivity index (χ1v) is 4.65. The molecule has 0 heterocycles. The number of hydrogen-bond donors (Lipinski definition) is 2. The van der Waals surface area contributed by atoms with Crippen LogP contribution in [0.2, 0.25) is 0 Å². The summed E-state index contributed by atoms with van der Waals surface area (Å²) in [6.07, 6.45) is -0.252. The van der Waals surface area contributed by atoms with E-state index in [-0.39, 0.29) is 19.4 Å². The molecule has 0 saturated heterocycles. The average Bonchev–Trinajstić information content (AvgIpc) is 1.85. The number of carbonyl (C=O) groups is 1. The number of amides is 1. The third-order valence-corrected chi connectivity index (χ3v) is 1.83. The Labute approximate surface area is 63.6 Å². The van der Waals surface area contributed by atoms with Gasteiger partial charge in [0.1, 0.15) is 7.60 Å². The summed E-state index contributed by atoms with van der Waals surface area (Å²) in [6.45, 7) is -0.101. The highest BCUT2D eigenvalue weighted by molar-refractivity contribution is 7.50. The van der Waals surface area contributed by atoms with E-state index in [4.69, 9.17) is 10.1 Å². The molecule has 2 N–H and O–H groups in total. The summed E-state index contributed by atoms with van der Waals surface area (Å²) in [5.41, 5.74) is 0. The summed E-state index contributed by atoms with van der Waals surface area (Å²) < 4.78 is 10.1. The van der Waals surface area contributed by atoms with Crippen LogP contribution < -0.4 is 4.89 Å². The lowest BCUT2D eigenvalue weighted by Crippen LogP contribution is -2.19. The van der Waals surface area contributed by atoms with E-state index in [2.05, 4.69) is 0 Å². The molecule has 0 aliphatic heterocycles. The minimum absolute atomic E-state index is 0.0204. The molecule has 7 heteroatoms. The summed E-state index contributed by atoms with van der Waals surface area (Å²) in [6, 6.07) is 0. The summed E-state index contributed by atoms with van der Waals surface area (Å²) in [4.78, 5) is 28.0. The minimum Gasteiger partial charge on any atom is -0.779 e. The van der Waals surface area contributed by atoms with Gasteiger partial charge in [-0.1, -0.05) is 0 Å². The van der Waals surface area contributed by atoms with Gasteiger partial charge in [0.25, 0.3) is 0 Å². The highest BCUT2D eigenvalue weighted by Crippen LogP contribution is 2.28. The van der Waals surface area contributed by atoms with Crippen LogP contribution in [0.25, 0.3) is 0 Å². The molecule has 0 rings (SSSR count). The van der Waals surface area contributed by atoms with Gasteiger partial charge < -0.3 is 14.4 Å². The Morgan fingerprint density at radius 2 is 2.18 bits per heavy atom. The van der Waals surface area contributed by atoms with E-state index in [0.717, 1.165) is 0 Å². The second-order valence-corrected chi connectivity index (χ2v) is 3.71. The lowest BCUT2D eigenvalue weighted by Gasteiger charge is -2.15. The molecule has 0 spiro atoms. The number of carbonyl (C=O) groups excluding carboxylic acids is 1. The summed E-state index contributed by atoms with van der Waals surface area (Å²) >= 11 is 0. The second-order valence-electron chi connectivity index (χ2n) is 1.98. The normalized spacial score (nSPS) is 15.5. The SMILES string of the molecule is O=CN(O)CCCP(=O)([O-])O. The van der Waals surface area contributed by atoms with Crippen molar-refractivity contribution in [3.63, 3.8) is 0 Å². The summed E-state index contributed by atoms with van der Waals surface area (Å²) in [5.74, 6) is 0. The van der Waals surface area contributed by atoms with Crippen LogP contribution >= 0.6 is 7.60 Å². The molecule has 0 aromatic rings. The largest absolute Gasteiger partial charge is 0.779 e. The Morgan fingerprint density at radius 3 is 2.55 bits per heavy atom. The van der Waals surface area contributed by atoms with Crippen LogP contribution in [0.1, 0.15) is 6.42 Å². The summed E-state index contributed by atoms with van der Waals surface area (Å²) in [5, 5.41) is 8.76. The van der Waals surface area contributed by atoms with Crippen molar-refractivity contribution in [2.24, 2.45) is 0 Å². The van der Waals surface area contributed by atoms with E-state index in [1.165, 1.54) is 0 Å². The van der Waals surface area contributed by atoms with E-state index in [0.29, 0.717) is 5.06 Å². The first kappa shape index (κ1) is 10.6. The third kappa shape index (κ3) is 7.48. The molecule has 0 aliphatic rings. The van der Waals surface area contributed by atoms with Gasteiger partial charge >= 0.3 is 0 Å². The van der Waals surface area contributed by atoms with Crippen molar-refractivity contribution in [2.45, 2.75) is 6.42 Å². The van der Waals surface area contributed by atoms with Gasteiger partial charge in [-0.3, -0.25) is 10.0 Å². The Kier molecular flexibility index (Phi) is 4.29. The minimum atomic E-state index is -4.24. The molecule has 66 valence electrons. The Balaban J connectivity index is 3.42. The van der Waals surface area contributed by atoms with Crippen molar-refractivity contribution in [1.82, 2.24) is 5.06 Å². The van der Waals surface area contributed by atoms with Gasteiger partial charge in [-0.25, -0.2) is 5.06 Å². The maximum absolute atomic E-state index is 10.1. The van der Waals surface area contributed by atoms with Crippen LogP contribution in [0.15, 0.2) is 0 Å². The average molecular weight is 182 g/mol. The van der Waals surface area contributed by atoms with Crippen molar-refractivity contribution < 1.29 is 24.4 Å². The molecule has 1 atom stereocenters. The van der Waals surface area contributed by atoms with Crippen LogP contribution in [0.5, 0.6) is 0 Å². The van der Waals surface area contributed by atoms with Gasteiger partial charge in [0.15, 0.2) is 0 Å². The molecular weight excluding hydrogens is 173 g/mol. The van der Waals surface area contributed by atoms with Gasteiger partial charge in [0, 0.05) is 12.7 Å². The lowest BCUT2D eigenvalue weighted by molar-refractivity contribution is -0.193. The van der Waals surface area contributed by atoms with Crippen LogP contribution in [-0.2, 0) is 9.36 Å². The Bertz CT molecular complexity index is 166. The molecule has 0 saturated carbocycles. The van der Waals surface area contributed by atoms with Crippen molar-refractivity contribution in [3.05, 3.63) is 0 Å². The highest BCUT2D eigenvalue weighted by Gasteiger charge is 2.02. The smallest absolute Gasteiger partial charge is 0.233 e. The quantitative estimate of drug-likeness (QED) is 0.240. The lowest BCUT2D eigenvalue weighted by atomic mass is 10.5. The maximum atomic E-state index is 10.1. The van der Waals surface area contributed by atoms with Gasteiger partial charge in [-0.05, 0) is 6.42 Å². The van der Waals surface area contributed by atoms with E-state index in [1.807, 2.05) is 0 Å². The van der Waals surface area contributed by atoms with Crippen LogP contribution in [0, 0.1) is 0 Å². The fourth-order valence-electron chi connectivity index (χ4n) is 0.485. The van der Waals surface area contributed by atoms with Crippen LogP contribution in [0.3, 0.4) is 0 Å². The first-order valence-electron chi connectivity index (χ1n) is 2.89. The van der Waals surface area contributed by atoms with Crippen molar-refractivity contribution in [2.75, 3.05) is 12.7 Å². The Morgan fingerprint density at radius 1 is 1.64 bits per heavy atom. The number of nitrogens with zero attached hydrogens (tertiary/aromatic N) is 1. The predicted octanol–water partition coefficient (Wildman–Crippen LogP) is -1.23. The zero-order valence-electron chi connectivity index (χ0n) is 5.71. The van der Waals surface area contributed by atoms with Gasteiger partial charge in [-0.2, -0.15) is 0 Å². The molecule has 0 aromatic heterocycles. The van der Waals surface area contributed by atoms with E-state index < -0.39 is 13.8 Å². The van der Waals surface area contributed by atoms with Crippen LogP contribution in [-0.4, -0.2) is 34.3 Å². The topological polar surface area (TPSA) is 101 Å². The molecule has 1 amide bonds. The molecule has 0 aromatic carbocycles. The first-order chi connectivity index (χ1) is 4.95. The number of hydrogen-bond acceptors (Lipinski definition) is 4.